The predicted molar refractivity (Wildman–Crippen MR) is 139 cm³/mol. The number of nitrogens with zero attached hydrogens (tertiary/aromatic N) is 3. The number of aliphatic hydroxyl groups is 1. The van der Waals surface area contributed by atoms with Crippen molar-refractivity contribution >= 4 is 15.9 Å². The number of hydrogen-bond donors (Lipinski definition) is 1. The Balaban J connectivity index is 2.01. The van der Waals surface area contributed by atoms with Crippen LogP contribution in [0.2, 0.25) is 0 Å². The van der Waals surface area contributed by atoms with Gasteiger partial charge in [-0.2, -0.15) is 4.31 Å². The zero-order valence-corrected chi connectivity index (χ0v) is 22.6. The first-order valence-corrected chi connectivity index (χ1v) is 13.5. The predicted octanol–water partition coefficient (Wildman–Crippen LogP) is 2.28. The molecule has 3 atom stereocenters. The number of fused-ring (bicyclic) bond motifs is 1. The largest absolute Gasteiger partial charge is 0.487 e. The van der Waals surface area contributed by atoms with E-state index < -0.39 is 33.9 Å². The van der Waals surface area contributed by atoms with Crippen LogP contribution in [-0.2, 0) is 10.0 Å². The van der Waals surface area contributed by atoms with E-state index in [9.17, 15) is 22.7 Å². The van der Waals surface area contributed by atoms with Crippen LogP contribution in [0.4, 0.5) is 4.39 Å². The van der Waals surface area contributed by atoms with Gasteiger partial charge in [0.1, 0.15) is 22.6 Å². The normalized spacial score (nSPS) is 20.0. The number of carbonyl (C=O) groups is 1. The van der Waals surface area contributed by atoms with E-state index in [1.54, 1.807) is 32.2 Å². The Hall–Kier alpha value is -2.97. The van der Waals surface area contributed by atoms with Crippen LogP contribution < -0.4 is 4.74 Å². The fourth-order valence-corrected chi connectivity index (χ4v) is 5.84. The van der Waals surface area contributed by atoms with Gasteiger partial charge < -0.3 is 14.7 Å². The molecule has 0 fully saturated rings. The smallest absolute Gasteiger partial charge is 0.256 e. The zero-order chi connectivity index (χ0) is 27.3. The average molecular weight is 532 g/mol. The lowest BCUT2D eigenvalue weighted by Crippen LogP contribution is -2.50. The van der Waals surface area contributed by atoms with Gasteiger partial charge in [-0.3, -0.25) is 9.69 Å². The lowest BCUT2D eigenvalue weighted by molar-refractivity contribution is 0.0560. The molecular formula is C27H34FN3O5S. The summed E-state index contributed by atoms with van der Waals surface area (Å²) in [6, 6.07) is 9.75. The molecule has 0 unspecified atom stereocenters. The lowest BCUT2D eigenvalue weighted by Gasteiger charge is -2.37. The number of halogens is 1. The monoisotopic (exact) mass is 531 g/mol. The molecule has 0 bridgehead atoms. The average Bonchev–Trinajstić information content (AvgIpc) is 2.85. The van der Waals surface area contributed by atoms with Gasteiger partial charge in [0.05, 0.1) is 25.3 Å². The summed E-state index contributed by atoms with van der Waals surface area (Å²) in [5.41, 5.74) is 0.528. The highest BCUT2D eigenvalue weighted by atomic mass is 32.2. The molecule has 0 aliphatic carbocycles. The van der Waals surface area contributed by atoms with Gasteiger partial charge in [0.25, 0.3) is 5.91 Å². The van der Waals surface area contributed by atoms with Crippen LogP contribution in [0, 0.1) is 23.6 Å². The highest BCUT2D eigenvalue weighted by Crippen LogP contribution is 2.34. The minimum atomic E-state index is -3.99. The molecule has 0 saturated heterocycles. The number of sulfonamides is 1. The standard InChI is InChI=1S/C27H34FN3O5S/c1-19-16-31(20(2)18-32)37(34,35)26-13-12-21(9-8-14-29(3)4)15-24(26)36-25(19)17-30(5)27(33)22-10-6-7-11-23(22)28/h6-7,10-13,15,19-20,25,32H,14,16-18H2,1-5H3/t19-,20-,25+/m0/s1. The first-order valence-electron chi connectivity index (χ1n) is 12.0. The second-order valence-corrected chi connectivity index (χ2v) is 11.5. The number of rotatable bonds is 6. The SMILES string of the molecule is C[C@H]1CN([C@@H](C)CO)S(=O)(=O)c2ccc(C#CCN(C)C)cc2O[C@@H]1CN(C)C(=O)c1ccccc1F. The first-order chi connectivity index (χ1) is 17.4. The third-order valence-electron chi connectivity index (χ3n) is 6.20. The van der Waals surface area contributed by atoms with Crippen molar-refractivity contribution in [2.75, 3.05) is 47.4 Å². The summed E-state index contributed by atoms with van der Waals surface area (Å²) >= 11 is 0. The number of benzene rings is 2. The maximum atomic E-state index is 14.2. The van der Waals surface area contributed by atoms with E-state index in [0.717, 1.165) is 0 Å². The Morgan fingerprint density at radius 3 is 2.59 bits per heavy atom. The third-order valence-corrected chi connectivity index (χ3v) is 8.22. The van der Waals surface area contributed by atoms with E-state index in [4.69, 9.17) is 4.74 Å². The molecule has 1 heterocycles. The van der Waals surface area contributed by atoms with E-state index >= 15 is 0 Å². The highest BCUT2D eigenvalue weighted by molar-refractivity contribution is 7.89. The van der Waals surface area contributed by atoms with E-state index in [0.29, 0.717) is 12.1 Å². The molecule has 3 rings (SSSR count). The van der Waals surface area contributed by atoms with E-state index in [1.807, 2.05) is 25.9 Å². The van der Waals surface area contributed by atoms with E-state index in [1.165, 1.54) is 33.5 Å². The molecule has 0 saturated carbocycles. The highest BCUT2D eigenvalue weighted by Gasteiger charge is 2.38. The molecule has 10 heteroatoms. The van der Waals surface area contributed by atoms with E-state index in [2.05, 4.69) is 11.8 Å². The van der Waals surface area contributed by atoms with E-state index in [-0.39, 0.29) is 41.8 Å². The molecule has 37 heavy (non-hydrogen) atoms. The van der Waals surface area contributed by atoms with Gasteiger partial charge in [-0.25, -0.2) is 12.8 Å². The quantitative estimate of drug-likeness (QED) is 0.576. The molecule has 8 nitrogen and oxygen atoms in total. The molecule has 1 aliphatic heterocycles. The summed E-state index contributed by atoms with van der Waals surface area (Å²) in [5.74, 6) is 4.67. The van der Waals surface area contributed by atoms with Crippen molar-refractivity contribution in [3.8, 4) is 17.6 Å². The maximum absolute atomic E-state index is 14.2. The zero-order valence-electron chi connectivity index (χ0n) is 21.8. The molecule has 1 amide bonds. The minimum Gasteiger partial charge on any atom is -0.487 e. The van der Waals surface area contributed by atoms with Crippen molar-refractivity contribution in [2.24, 2.45) is 5.92 Å². The Labute approximate surface area is 218 Å². The Morgan fingerprint density at radius 2 is 1.95 bits per heavy atom. The summed E-state index contributed by atoms with van der Waals surface area (Å²) in [7, 11) is 1.35. The van der Waals surface area contributed by atoms with Crippen molar-refractivity contribution < 1.29 is 27.4 Å². The van der Waals surface area contributed by atoms with Crippen molar-refractivity contribution in [3.05, 3.63) is 59.4 Å². The summed E-state index contributed by atoms with van der Waals surface area (Å²) in [5, 5.41) is 9.79. The van der Waals surface area contributed by atoms with Crippen LogP contribution in [-0.4, -0.2) is 93.1 Å². The molecule has 1 aliphatic rings. The summed E-state index contributed by atoms with van der Waals surface area (Å²) in [4.78, 5) is 16.2. The maximum Gasteiger partial charge on any atom is 0.256 e. The second-order valence-electron chi connectivity index (χ2n) is 9.61. The van der Waals surface area contributed by atoms with Crippen LogP contribution in [0.25, 0.3) is 0 Å². The number of hydrogen-bond acceptors (Lipinski definition) is 6. The van der Waals surface area contributed by atoms with Crippen LogP contribution in [0.15, 0.2) is 47.4 Å². The third kappa shape index (κ3) is 6.67. The van der Waals surface area contributed by atoms with Crippen molar-refractivity contribution in [3.63, 3.8) is 0 Å². The van der Waals surface area contributed by atoms with Gasteiger partial charge in [-0.1, -0.05) is 30.9 Å². The Bertz CT molecular complexity index is 1290. The summed E-state index contributed by atoms with van der Waals surface area (Å²) < 4.78 is 48.9. The fraction of sp³-hybridized carbons (Fsp3) is 0.444. The van der Waals surface area contributed by atoms with Crippen molar-refractivity contribution in [1.29, 1.82) is 0 Å². The van der Waals surface area contributed by atoms with Gasteiger partial charge in [0.15, 0.2) is 0 Å². The molecule has 200 valence electrons. The summed E-state index contributed by atoms with van der Waals surface area (Å²) in [6.45, 7) is 3.79. The van der Waals surface area contributed by atoms with Gasteiger partial charge in [-0.15, -0.1) is 0 Å². The van der Waals surface area contributed by atoms with Crippen molar-refractivity contribution in [2.45, 2.75) is 30.9 Å². The minimum absolute atomic E-state index is 0.0362. The van der Waals surface area contributed by atoms with Crippen molar-refractivity contribution in [1.82, 2.24) is 14.1 Å². The lowest BCUT2D eigenvalue weighted by atomic mass is 10.0. The molecular weight excluding hydrogens is 497 g/mol. The number of amides is 1. The van der Waals surface area contributed by atoms with Gasteiger partial charge in [-0.05, 0) is 51.4 Å². The molecule has 2 aromatic rings. The molecule has 0 aromatic heterocycles. The molecule has 0 spiro atoms. The number of carbonyl (C=O) groups excluding carboxylic acids is 1. The fourth-order valence-electron chi connectivity index (χ4n) is 4.01. The second kappa shape index (κ2) is 12.0. The number of likely N-dealkylation sites (N-methyl/N-ethyl adjacent to an activating group) is 1. The molecule has 1 N–H and O–H groups in total. The van der Waals surface area contributed by atoms with Crippen LogP contribution >= 0.6 is 0 Å². The van der Waals surface area contributed by atoms with Crippen LogP contribution in [0.5, 0.6) is 5.75 Å². The van der Waals surface area contributed by atoms with Crippen LogP contribution in [0.1, 0.15) is 29.8 Å². The number of ether oxygens (including phenoxy) is 1. The molecule has 0 radical (unpaired) electrons. The van der Waals surface area contributed by atoms with Gasteiger partial charge in [0.2, 0.25) is 10.0 Å². The Morgan fingerprint density at radius 1 is 1.24 bits per heavy atom. The number of aliphatic hydroxyl groups excluding tert-OH is 1. The topological polar surface area (TPSA) is 90.4 Å². The van der Waals surface area contributed by atoms with Crippen LogP contribution in [0.3, 0.4) is 0 Å². The first kappa shape index (κ1) is 28.6. The van der Waals surface area contributed by atoms with Gasteiger partial charge >= 0.3 is 0 Å². The molecule has 2 aromatic carbocycles. The summed E-state index contributed by atoms with van der Waals surface area (Å²) in [6.07, 6.45) is -0.617. The van der Waals surface area contributed by atoms with Gasteiger partial charge in [0, 0.05) is 31.1 Å². The Kier molecular flexibility index (Phi) is 9.31.